The number of fused-ring (bicyclic) bond motifs is 1. The number of rotatable bonds is 4. The van der Waals surface area contributed by atoms with Crippen molar-refractivity contribution in [3.63, 3.8) is 0 Å². The molecular formula is C24H24N4OS. The van der Waals surface area contributed by atoms with Gasteiger partial charge in [-0.3, -0.25) is 9.78 Å². The molecule has 4 heterocycles. The zero-order chi connectivity index (χ0) is 20.3. The van der Waals surface area contributed by atoms with Gasteiger partial charge in [-0.25, -0.2) is 0 Å². The predicted octanol–water partition coefficient (Wildman–Crippen LogP) is 4.09. The van der Waals surface area contributed by atoms with Gasteiger partial charge in [-0.2, -0.15) is 11.8 Å². The van der Waals surface area contributed by atoms with Crippen molar-refractivity contribution in [2.75, 3.05) is 36.0 Å². The minimum Gasteiger partial charge on any atom is -0.369 e. The number of nitrogens with one attached hydrogen (secondary N) is 2. The van der Waals surface area contributed by atoms with E-state index in [-0.39, 0.29) is 5.91 Å². The van der Waals surface area contributed by atoms with Crippen LogP contribution in [-0.2, 0) is 6.42 Å². The van der Waals surface area contributed by atoms with Crippen LogP contribution in [0.25, 0.3) is 23.4 Å². The van der Waals surface area contributed by atoms with Gasteiger partial charge in [-0.15, -0.1) is 0 Å². The second-order valence-corrected chi connectivity index (χ2v) is 8.77. The number of H-pyrrole nitrogens is 1. The molecule has 1 amide bonds. The Bertz CT molecular complexity index is 1100. The molecule has 0 aliphatic carbocycles. The summed E-state index contributed by atoms with van der Waals surface area (Å²) in [6.45, 7) is 2.87. The highest BCUT2D eigenvalue weighted by atomic mass is 32.2. The van der Waals surface area contributed by atoms with Crippen LogP contribution < -0.4 is 10.2 Å². The van der Waals surface area contributed by atoms with Gasteiger partial charge >= 0.3 is 0 Å². The van der Waals surface area contributed by atoms with E-state index in [0.717, 1.165) is 47.7 Å². The van der Waals surface area contributed by atoms with Gasteiger partial charge in [-0.05, 0) is 35.9 Å². The Morgan fingerprint density at radius 3 is 2.80 bits per heavy atom. The topological polar surface area (TPSA) is 61.0 Å². The standard InChI is InChI=1S/C24H24N4OS/c29-24-20-16-22(27-21(20)8-10-26-24)18-7-9-25-19(15-18)6-5-17-3-1-2-4-23(17)28-11-13-30-14-12-28/h1-7,9,15-16,27H,8,10-14H2,(H,26,29). The molecule has 0 saturated carbocycles. The molecule has 6 heteroatoms. The Hall–Kier alpha value is -2.99. The monoisotopic (exact) mass is 416 g/mol. The van der Waals surface area contributed by atoms with Crippen LogP contribution in [0.2, 0.25) is 0 Å². The highest BCUT2D eigenvalue weighted by Crippen LogP contribution is 2.27. The fourth-order valence-corrected chi connectivity index (χ4v) is 4.95. The molecule has 2 N–H and O–H groups in total. The van der Waals surface area contributed by atoms with Gasteiger partial charge in [0.25, 0.3) is 5.91 Å². The second kappa shape index (κ2) is 8.40. The molecule has 0 spiro atoms. The Balaban J connectivity index is 1.41. The lowest BCUT2D eigenvalue weighted by molar-refractivity contribution is 0.0946. The van der Waals surface area contributed by atoms with Crippen molar-refractivity contribution < 1.29 is 4.79 Å². The average Bonchev–Trinajstić information content (AvgIpc) is 3.25. The molecule has 0 unspecified atom stereocenters. The number of aromatic amines is 1. The van der Waals surface area contributed by atoms with E-state index < -0.39 is 0 Å². The second-order valence-electron chi connectivity index (χ2n) is 7.54. The summed E-state index contributed by atoms with van der Waals surface area (Å²) in [6.07, 6.45) is 6.88. The number of para-hydroxylation sites is 1. The first-order valence-electron chi connectivity index (χ1n) is 10.3. The number of hydrogen-bond donors (Lipinski definition) is 2. The maximum atomic E-state index is 12.1. The zero-order valence-electron chi connectivity index (χ0n) is 16.7. The Morgan fingerprint density at radius 1 is 1.07 bits per heavy atom. The summed E-state index contributed by atoms with van der Waals surface area (Å²) in [4.78, 5) is 22.5. The Labute approximate surface area is 180 Å². The van der Waals surface area contributed by atoms with E-state index in [1.54, 1.807) is 0 Å². The number of pyridine rings is 1. The summed E-state index contributed by atoms with van der Waals surface area (Å²) >= 11 is 2.02. The number of anilines is 1. The number of benzene rings is 1. The molecule has 5 rings (SSSR count). The summed E-state index contributed by atoms with van der Waals surface area (Å²) < 4.78 is 0. The SMILES string of the molecule is O=C1NCCc2[nH]c(-c3ccnc(C=Cc4ccccc4N4CCSCC4)c3)cc21. The van der Waals surface area contributed by atoms with Gasteiger partial charge in [0.05, 0.1) is 11.3 Å². The third kappa shape index (κ3) is 3.87. The minimum atomic E-state index is 0.000597. The molecule has 2 aliphatic heterocycles. The zero-order valence-corrected chi connectivity index (χ0v) is 17.5. The van der Waals surface area contributed by atoms with Gasteiger partial charge in [0.15, 0.2) is 0 Å². The van der Waals surface area contributed by atoms with E-state index in [9.17, 15) is 4.79 Å². The smallest absolute Gasteiger partial charge is 0.253 e. The van der Waals surface area contributed by atoms with Gasteiger partial charge in [-0.1, -0.05) is 24.3 Å². The summed E-state index contributed by atoms with van der Waals surface area (Å²) in [5.41, 5.74) is 7.15. The van der Waals surface area contributed by atoms with Crippen molar-refractivity contribution in [3.8, 4) is 11.3 Å². The lowest BCUT2D eigenvalue weighted by Gasteiger charge is -2.29. The molecule has 3 aromatic rings. The first-order chi connectivity index (χ1) is 14.8. The number of carbonyl (C=O) groups excluding carboxylic acids is 1. The highest BCUT2D eigenvalue weighted by Gasteiger charge is 2.20. The molecule has 2 aliphatic rings. The number of amides is 1. The maximum Gasteiger partial charge on any atom is 0.253 e. The maximum absolute atomic E-state index is 12.1. The molecule has 152 valence electrons. The van der Waals surface area contributed by atoms with Crippen molar-refractivity contribution in [2.24, 2.45) is 0 Å². The van der Waals surface area contributed by atoms with Gasteiger partial charge in [0, 0.05) is 66.4 Å². The summed E-state index contributed by atoms with van der Waals surface area (Å²) in [5.74, 6) is 2.36. The lowest BCUT2D eigenvalue weighted by Crippen LogP contribution is -2.32. The van der Waals surface area contributed by atoms with Gasteiger partial charge in [0.1, 0.15) is 0 Å². The van der Waals surface area contributed by atoms with Crippen LogP contribution in [0.1, 0.15) is 27.3 Å². The molecule has 1 aromatic carbocycles. The first kappa shape index (κ1) is 19.0. The number of nitrogens with zero attached hydrogens (tertiary/aromatic N) is 2. The van der Waals surface area contributed by atoms with E-state index in [4.69, 9.17) is 0 Å². The number of carbonyl (C=O) groups is 1. The normalized spacial score (nSPS) is 16.5. The number of aromatic nitrogens is 2. The summed E-state index contributed by atoms with van der Waals surface area (Å²) in [6, 6.07) is 14.5. The largest absolute Gasteiger partial charge is 0.369 e. The van der Waals surface area contributed by atoms with Gasteiger partial charge < -0.3 is 15.2 Å². The van der Waals surface area contributed by atoms with E-state index in [0.29, 0.717) is 6.54 Å². The molecule has 0 atom stereocenters. The van der Waals surface area contributed by atoms with E-state index in [1.807, 2.05) is 30.1 Å². The van der Waals surface area contributed by atoms with Gasteiger partial charge in [0.2, 0.25) is 0 Å². The molecule has 5 nitrogen and oxygen atoms in total. The van der Waals surface area contributed by atoms with Crippen LogP contribution >= 0.6 is 11.8 Å². The minimum absolute atomic E-state index is 0.000597. The first-order valence-corrected chi connectivity index (χ1v) is 11.5. The highest BCUT2D eigenvalue weighted by molar-refractivity contribution is 7.99. The van der Waals surface area contributed by atoms with Crippen molar-refractivity contribution in [3.05, 3.63) is 71.2 Å². The molecule has 30 heavy (non-hydrogen) atoms. The number of hydrogen-bond acceptors (Lipinski definition) is 4. The quantitative estimate of drug-likeness (QED) is 0.673. The Kier molecular flexibility index (Phi) is 5.32. The summed E-state index contributed by atoms with van der Waals surface area (Å²) in [5, 5.41) is 2.90. The van der Waals surface area contributed by atoms with Crippen LogP contribution in [0.5, 0.6) is 0 Å². The Morgan fingerprint density at radius 2 is 1.93 bits per heavy atom. The van der Waals surface area contributed by atoms with Crippen molar-refractivity contribution in [1.82, 2.24) is 15.3 Å². The molecular weight excluding hydrogens is 392 g/mol. The van der Waals surface area contributed by atoms with Crippen LogP contribution in [0.3, 0.4) is 0 Å². The van der Waals surface area contributed by atoms with Crippen molar-refractivity contribution in [1.29, 1.82) is 0 Å². The van der Waals surface area contributed by atoms with E-state index in [2.05, 4.69) is 62.7 Å². The molecule has 2 aromatic heterocycles. The third-order valence-electron chi connectivity index (χ3n) is 5.62. The third-order valence-corrected chi connectivity index (χ3v) is 6.56. The van der Waals surface area contributed by atoms with Crippen molar-refractivity contribution >= 4 is 35.5 Å². The fraction of sp³-hybridized carbons (Fsp3) is 0.250. The van der Waals surface area contributed by atoms with Crippen LogP contribution in [-0.4, -0.2) is 47.0 Å². The summed E-state index contributed by atoms with van der Waals surface area (Å²) in [7, 11) is 0. The molecule has 0 bridgehead atoms. The lowest BCUT2D eigenvalue weighted by atomic mass is 10.1. The van der Waals surface area contributed by atoms with Crippen LogP contribution in [0.15, 0.2) is 48.7 Å². The van der Waals surface area contributed by atoms with Crippen LogP contribution in [0, 0.1) is 0 Å². The van der Waals surface area contributed by atoms with Crippen molar-refractivity contribution in [2.45, 2.75) is 6.42 Å². The predicted molar refractivity (Wildman–Crippen MR) is 125 cm³/mol. The molecule has 1 fully saturated rings. The molecule has 0 radical (unpaired) electrons. The number of thioether (sulfide) groups is 1. The fourth-order valence-electron chi connectivity index (χ4n) is 4.05. The van der Waals surface area contributed by atoms with Crippen LogP contribution in [0.4, 0.5) is 5.69 Å². The molecule has 1 saturated heterocycles. The van der Waals surface area contributed by atoms with E-state index in [1.165, 1.54) is 22.8 Å². The average molecular weight is 417 g/mol. The van der Waals surface area contributed by atoms with E-state index >= 15 is 0 Å².